The highest BCUT2D eigenvalue weighted by atomic mass is 16.6. The van der Waals surface area contributed by atoms with Crippen LogP contribution in [-0.2, 0) is 4.74 Å². The van der Waals surface area contributed by atoms with Crippen LogP contribution in [0.25, 0.3) is 10.9 Å². The first-order chi connectivity index (χ1) is 16.1. The van der Waals surface area contributed by atoms with E-state index in [1.165, 1.54) is 12.8 Å². The second-order valence-corrected chi connectivity index (χ2v) is 10.2. The number of ether oxygens (including phenoxy) is 3. The number of hydrogen-bond acceptors (Lipinski definition) is 8. The Morgan fingerprint density at radius 2 is 1.71 bits per heavy atom. The van der Waals surface area contributed by atoms with Crippen molar-refractivity contribution in [2.75, 3.05) is 57.2 Å². The minimum absolute atomic E-state index is 0.224. The van der Waals surface area contributed by atoms with Gasteiger partial charge in [0.05, 0.1) is 18.7 Å². The number of aromatic nitrogens is 2. The minimum Gasteiger partial charge on any atom is -0.493 e. The number of piperazine rings is 1. The number of anilines is 2. The van der Waals surface area contributed by atoms with E-state index in [0.717, 1.165) is 35.3 Å². The Hall–Kier alpha value is -2.97. The fourth-order valence-corrected chi connectivity index (χ4v) is 4.41. The van der Waals surface area contributed by atoms with E-state index in [-0.39, 0.29) is 12.2 Å². The van der Waals surface area contributed by atoms with Crippen LogP contribution >= 0.6 is 0 Å². The van der Waals surface area contributed by atoms with E-state index in [2.05, 4.69) is 4.90 Å². The molecule has 9 nitrogen and oxygen atoms in total. The predicted molar refractivity (Wildman–Crippen MR) is 133 cm³/mol. The molecule has 0 unspecified atom stereocenters. The molecule has 0 bridgehead atoms. The summed E-state index contributed by atoms with van der Waals surface area (Å²) >= 11 is 0. The summed E-state index contributed by atoms with van der Waals surface area (Å²) < 4.78 is 17.5. The van der Waals surface area contributed by atoms with Gasteiger partial charge in [-0.1, -0.05) is 0 Å². The molecule has 1 amide bonds. The van der Waals surface area contributed by atoms with Crippen LogP contribution in [0.2, 0.25) is 0 Å². The maximum Gasteiger partial charge on any atom is 0.410 e. The molecule has 0 atom stereocenters. The summed E-state index contributed by atoms with van der Waals surface area (Å²) in [6.45, 7) is 8.09. The lowest BCUT2D eigenvalue weighted by molar-refractivity contribution is 0.0240. The standard InChI is InChI=1S/C25H37N5O4/c1-25(2,3)34-24(31)30-13-11-29(12-14-30)22-18-15-20(32-6)21(33-17-9-7-8-10-17)16-19(18)26-23(27-22)28(4)5/h15-17H,7-14H2,1-6H3. The molecule has 2 aliphatic rings. The van der Waals surface area contributed by atoms with Crippen LogP contribution in [0.3, 0.4) is 0 Å². The van der Waals surface area contributed by atoms with E-state index in [1.54, 1.807) is 12.0 Å². The molecule has 1 saturated carbocycles. The van der Waals surface area contributed by atoms with Crippen molar-refractivity contribution in [2.24, 2.45) is 0 Å². The van der Waals surface area contributed by atoms with E-state index >= 15 is 0 Å². The fourth-order valence-electron chi connectivity index (χ4n) is 4.41. The summed E-state index contributed by atoms with van der Waals surface area (Å²) in [5.41, 5.74) is 0.309. The van der Waals surface area contributed by atoms with Crippen LogP contribution in [0.1, 0.15) is 46.5 Å². The van der Waals surface area contributed by atoms with Crippen molar-refractivity contribution in [1.29, 1.82) is 0 Å². The van der Waals surface area contributed by atoms with Crippen molar-refractivity contribution in [3.05, 3.63) is 12.1 Å². The first-order valence-electron chi connectivity index (χ1n) is 12.1. The van der Waals surface area contributed by atoms with Crippen LogP contribution in [0.15, 0.2) is 12.1 Å². The summed E-state index contributed by atoms with van der Waals surface area (Å²) in [4.78, 5) is 28.0. The average molecular weight is 472 g/mol. The third-order valence-electron chi connectivity index (χ3n) is 6.18. The Labute approximate surface area is 202 Å². The van der Waals surface area contributed by atoms with Crippen LogP contribution in [-0.4, -0.2) is 80.1 Å². The monoisotopic (exact) mass is 471 g/mol. The SMILES string of the molecule is COc1cc2c(N3CCN(C(=O)OC(C)(C)C)CC3)nc(N(C)C)nc2cc1OC1CCCC1. The number of methoxy groups -OCH3 is 1. The summed E-state index contributed by atoms with van der Waals surface area (Å²) in [7, 11) is 5.53. The Bertz CT molecular complexity index is 1020. The summed E-state index contributed by atoms with van der Waals surface area (Å²) in [5.74, 6) is 2.89. The molecule has 1 aromatic carbocycles. The minimum atomic E-state index is -0.507. The molecule has 2 heterocycles. The lowest BCUT2D eigenvalue weighted by Gasteiger charge is -2.36. The molecule has 186 valence electrons. The number of nitrogens with zero attached hydrogens (tertiary/aromatic N) is 5. The third-order valence-corrected chi connectivity index (χ3v) is 6.18. The van der Waals surface area contributed by atoms with Gasteiger partial charge in [-0.2, -0.15) is 4.98 Å². The smallest absolute Gasteiger partial charge is 0.410 e. The Kier molecular flexibility index (Phi) is 6.91. The molecular weight excluding hydrogens is 434 g/mol. The van der Waals surface area contributed by atoms with Gasteiger partial charge in [0, 0.05) is 51.7 Å². The summed E-state index contributed by atoms with van der Waals surface area (Å²) in [6.07, 6.45) is 4.49. The van der Waals surface area contributed by atoms with Gasteiger partial charge in [0.25, 0.3) is 0 Å². The maximum atomic E-state index is 12.5. The number of carbonyl (C=O) groups excluding carboxylic acids is 1. The topological polar surface area (TPSA) is 80.3 Å². The highest BCUT2D eigenvalue weighted by Gasteiger charge is 2.28. The van der Waals surface area contributed by atoms with E-state index in [4.69, 9.17) is 24.2 Å². The predicted octanol–water partition coefficient (Wildman–Crippen LogP) is 4.08. The van der Waals surface area contributed by atoms with Gasteiger partial charge >= 0.3 is 6.09 Å². The largest absolute Gasteiger partial charge is 0.493 e. The number of carbonyl (C=O) groups is 1. The molecule has 2 aromatic rings. The normalized spacial score (nSPS) is 17.2. The van der Waals surface area contributed by atoms with Crippen molar-refractivity contribution in [3.8, 4) is 11.5 Å². The molecule has 4 rings (SSSR count). The Balaban J connectivity index is 1.63. The lowest BCUT2D eigenvalue weighted by atomic mass is 10.1. The number of amides is 1. The summed E-state index contributed by atoms with van der Waals surface area (Å²) in [6, 6.07) is 3.95. The van der Waals surface area contributed by atoms with Gasteiger partial charge in [-0.3, -0.25) is 0 Å². The molecular formula is C25H37N5O4. The van der Waals surface area contributed by atoms with Crippen molar-refractivity contribution in [3.63, 3.8) is 0 Å². The zero-order chi connectivity index (χ0) is 24.5. The van der Waals surface area contributed by atoms with Gasteiger partial charge in [0.1, 0.15) is 11.4 Å². The van der Waals surface area contributed by atoms with Gasteiger partial charge in [-0.15, -0.1) is 0 Å². The average Bonchev–Trinajstić information content (AvgIpc) is 3.30. The van der Waals surface area contributed by atoms with Crippen molar-refractivity contribution < 1.29 is 19.0 Å². The van der Waals surface area contributed by atoms with Crippen LogP contribution in [0.5, 0.6) is 11.5 Å². The molecule has 0 radical (unpaired) electrons. The van der Waals surface area contributed by atoms with Gasteiger partial charge in [-0.05, 0) is 52.5 Å². The molecule has 0 N–H and O–H groups in total. The molecule has 0 spiro atoms. The molecule has 2 fully saturated rings. The lowest BCUT2D eigenvalue weighted by Crippen LogP contribution is -2.50. The molecule has 9 heteroatoms. The molecule has 1 aliphatic heterocycles. The van der Waals surface area contributed by atoms with Crippen LogP contribution in [0, 0.1) is 0 Å². The highest BCUT2D eigenvalue weighted by molar-refractivity contribution is 5.93. The fraction of sp³-hybridized carbons (Fsp3) is 0.640. The van der Waals surface area contributed by atoms with E-state index in [0.29, 0.717) is 37.9 Å². The third kappa shape index (κ3) is 5.39. The zero-order valence-electron chi connectivity index (χ0n) is 21.3. The number of benzene rings is 1. The highest BCUT2D eigenvalue weighted by Crippen LogP contribution is 2.38. The number of hydrogen-bond donors (Lipinski definition) is 0. The van der Waals surface area contributed by atoms with Crippen LogP contribution in [0.4, 0.5) is 16.6 Å². The van der Waals surface area contributed by atoms with Gasteiger partial charge < -0.3 is 28.9 Å². The van der Waals surface area contributed by atoms with Gasteiger partial charge in [0.15, 0.2) is 11.5 Å². The zero-order valence-corrected chi connectivity index (χ0v) is 21.3. The second kappa shape index (κ2) is 9.72. The number of fused-ring (bicyclic) bond motifs is 1. The van der Waals surface area contributed by atoms with Crippen LogP contribution < -0.4 is 19.3 Å². The van der Waals surface area contributed by atoms with Gasteiger partial charge in [0.2, 0.25) is 5.95 Å². The summed E-state index contributed by atoms with van der Waals surface area (Å²) in [5, 5.41) is 0.909. The number of rotatable bonds is 5. The molecule has 1 saturated heterocycles. The first-order valence-corrected chi connectivity index (χ1v) is 12.1. The molecule has 1 aliphatic carbocycles. The van der Waals surface area contributed by atoms with Crippen molar-refractivity contribution >= 4 is 28.8 Å². The Morgan fingerprint density at radius 3 is 2.29 bits per heavy atom. The van der Waals surface area contributed by atoms with E-state index in [9.17, 15) is 4.79 Å². The second-order valence-electron chi connectivity index (χ2n) is 10.2. The quantitative estimate of drug-likeness (QED) is 0.645. The van der Waals surface area contributed by atoms with Gasteiger partial charge in [-0.25, -0.2) is 9.78 Å². The van der Waals surface area contributed by atoms with Crippen molar-refractivity contribution in [2.45, 2.75) is 58.2 Å². The molecule has 1 aromatic heterocycles. The maximum absolute atomic E-state index is 12.5. The van der Waals surface area contributed by atoms with E-state index < -0.39 is 5.60 Å². The van der Waals surface area contributed by atoms with E-state index in [1.807, 2.05) is 51.9 Å². The Morgan fingerprint density at radius 1 is 1.03 bits per heavy atom. The molecule has 34 heavy (non-hydrogen) atoms. The van der Waals surface area contributed by atoms with Crippen molar-refractivity contribution in [1.82, 2.24) is 14.9 Å². The first kappa shape index (κ1) is 24.2.